The molecular formula is C12H14O4. The normalized spacial score (nSPS) is 18.0. The predicted octanol–water partition coefficient (Wildman–Crippen LogP) is 1.82. The molecule has 86 valence electrons. The average Bonchev–Trinajstić information content (AvgIpc) is 2.71. The van der Waals surface area contributed by atoms with Crippen LogP contribution in [-0.4, -0.2) is 25.3 Å². The molecule has 0 saturated heterocycles. The molecule has 0 saturated carbocycles. The second-order valence-corrected chi connectivity index (χ2v) is 3.80. The van der Waals surface area contributed by atoms with Crippen molar-refractivity contribution in [1.82, 2.24) is 0 Å². The Labute approximate surface area is 93.8 Å². The number of hydrogen-bond donors (Lipinski definition) is 1. The Morgan fingerprint density at radius 3 is 2.69 bits per heavy atom. The number of rotatable bonds is 3. The number of fused-ring (bicyclic) bond motifs is 1. The van der Waals surface area contributed by atoms with Crippen LogP contribution < -0.4 is 9.47 Å². The van der Waals surface area contributed by atoms with Crippen LogP contribution in [0.1, 0.15) is 23.5 Å². The predicted molar refractivity (Wildman–Crippen MR) is 58.2 cm³/mol. The highest BCUT2D eigenvalue weighted by Gasteiger charge is 2.31. The third-order valence-corrected chi connectivity index (χ3v) is 3.04. The van der Waals surface area contributed by atoms with Gasteiger partial charge in [-0.15, -0.1) is 0 Å². The summed E-state index contributed by atoms with van der Waals surface area (Å²) in [7, 11) is 3.15. The van der Waals surface area contributed by atoms with Gasteiger partial charge in [0.1, 0.15) is 0 Å². The lowest BCUT2D eigenvalue weighted by atomic mass is 10.0. The van der Waals surface area contributed by atoms with Crippen LogP contribution in [0.3, 0.4) is 0 Å². The lowest BCUT2D eigenvalue weighted by Crippen LogP contribution is -2.07. The van der Waals surface area contributed by atoms with E-state index in [9.17, 15) is 4.79 Å². The molecule has 1 aromatic rings. The van der Waals surface area contributed by atoms with Crippen LogP contribution in [0.2, 0.25) is 0 Å². The zero-order valence-electron chi connectivity index (χ0n) is 9.32. The average molecular weight is 222 g/mol. The van der Waals surface area contributed by atoms with Gasteiger partial charge >= 0.3 is 5.97 Å². The van der Waals surface area contributed by atoms with Crippen LogP contribution in [0.5, 0.6) is 11.5 Å². The van der Waals surface area contributed by atoms with Crippen LogP contribution >= 0.6 is 0 Å². The number of carboxylic acids is 1. The Kier molecular flexibility index (Phi) is 2.73. The van der Waals surface area contributed by atoms with Crippen molar-refractivity contribution in [2.45, 2.75) is 18.8 Å². The van der Waals surface area contributed by atoms with Gasteiger partial charge in [0.05, 0.1) is 20.1 Å². The molecule has 0 spiro atoms. The molecule has 0 fully saturated rings. The fourth-order valence-electron chi connectivity index (χ4n) is 2.29. The van der Waals surface area contributed by atoms with E-state index >= 15 is 0 Å². The summed E-state index contributed by atoms with van der Waals surface area (Å²) in [5, 5.41) is 9.08. The maximum atomic E-state index is 11.0. The van der Waals surface area contributed by atoms with E-state index in [0.29, 0.717) is 17.9 Å². The molecule has 1 aliphatic rings. The van der Waals surface area contributed by atoms with E-state index in [2.05, 4.69) is 0 Å². The number of aliphatic carboxylic acids is 1. The fourth-order valence-corrected chi connectivity index (χ4v) is 2.29. The monoisotopic (exact) mass is 222 g/mol. The van der Waals surface area contributed by atoms with Crippen LogP contribution in [0.15, 0.2) is 12.1 Å². The quantitative estimate of drug-likeness (QED) is 0.847. The van der Waals surface area contributed by atoms with Crippen molar-refractivity contribution in [3.05, 3.63) is 23.3 Å². The highest BCUT2D eigenvalue weighted by molar-refractivity contribution is 5.79. The summed E-state index contributed by atoms with van der Waals surface area (Å²) in [5.74, 6) is 0.150. The zero-order valence-corrected chi connectivity index (χ0v) is 9.32. The molecule has 0 aromatic heterocycles. The standard InChI is InChI=1S/C12H14O4/c1-15-10-6-5-7-8(11(10)16-2)3-4-9(7)12(13)14/h5-6,9H,3-4H2,1-2H3,(H,13,14). The Balaban J connectivity index is 2.51. The fraction of sp³-hybridized carbons (Fsp3) is 0.417. The van der Waals surface area contributed by atoms with Crippen molar-refractivity contribution in [3.8, 4) is 11.5 Å². The van der Waals surface area contributed by atoms with E-state index in [1.54, 1.807) is 20.3 Å². The molecule has 0 heterocycles. The topological polar surface area (TPSA) is 55.8 Å². The van der Waals surface area contributed by atoms with E-state index in [1.165, 1.54) is 0 Å². The van der Waals surface area contributed by atoms with Gasteiger partial charge in [-0.3, -0.25) is 4.79 Å². The van der Waals surface area contributed by atoms with E-state index in [-0.39, 0.29) is 0 Å². The van der Waals surface area contributed by atoms with Crippen LogP contribution in [0, 0.1) is 0 Å². The third kappa shape index (κ3) is 1.50. The van der Waals surface area contributed by atoms with E-state index in [4.69, 9.17) is 14.6 Å². The molecule has 1 aliphatic carbocycles. The number of ether oxygens (including phenoxy) is 2. The number of carbonyl (C=O) groups is 1. The maximum Gasteiger partial charge on any atom is 0.310 e. The van der Waals surface area contributed by atoms with Gasteiger partial charge in [0.15, 0.2) is 11.5 Å². The Morgan fingerprint density at radius 2 is 2.12 bits per heavy atom. The molecule has 2 rings (SSSR count). The minimum atomic E-state index is -0.772. The summed E-state index contributed by atoms with van der Waals surface area (Å²) < 4.78 is 10.5. The molecule has 4 heteroatoms. The first-order valence-corrected chi connectivity index (χ1v) is 5.15. The highest BCUT2D eigenvalue weighted by atomic mass is 16.5. The molecule has 0 radical (unpaired) electrons. The first-order chi connectivity index (χ1) is 7.69. The molecule has 16 heavy (non-hydrogen) atoms. The van der Waals surface area contributed by atoms with Gasteiger partial charge in [-0.05, 0) is 24.5 Å². The molecule has 1 unspecified atom stereocenters. The molecule has 1 aromatic carbocycles. The van der Waals surface area contributed by atoms with Gasteiger partial charge in [0.2, 0.25) is 0 Å². The summed E-state index contributed by atoms with van der Waals surface area (Å²) in [6.45, 7) is 0. The molecule has 1 N–H and O–H groups in total. The Bertz CT molecular complexity index is 425. The molecular weight excluding hydrogens is 208 g/mol. The molecule has 0 aliphatic heterocycles. The van der Waals surface area contributed by atoms with E-state index in [0.717, 1.165) is 17.5 Å². The van der Waals surface area contributed by atoms with Crippen molar-refractivity contribution >= 4 is 5.97 Å². The molecule has 0 amide bonds. The van der Waals surface area contributed by atoms with Crippen molar-refractivity contribution in [1.29, 1.82) is 0 Å². The van der Waals surface area contributed by atoms with Crippen LogP contribution in [0.4, 0.5) is 0 Å². The lowest BCUT2D eigenvalue weighted by Gasteiger charge is -2.13. The smallest absolute Gasteiger partial charge is 0.310 e. The van der Waals surface area contributed by atoms with Crippen molar-refractivity contribution in [2.24, 2.45) is 0 Å². The van der Waals surface area contributed by atoms with Gasteiger partial charge in [-0.1, -0.05) is 6.07 Å². The zero-order chi connectivity index (χ0) is 11.7. The molecule has 0 bridgehead atoms. The number of hydrogen-bond acceptors (Lipinski definition) is 3. The third-order valence-electron chi connectivity index (χ3n) is 3.04. The summed E-state index contributed by atoms with van der Waals surface area (Å²) in [6.07, 6.45) is 1.36. The summed E-state index contributed by atoms with van der Waals surface area (Å²) in [4.78, 5) is 11.0. The maximum absolute atomic E-state index is 11.0. The molecule has 1 atom stereocenters. The molecule has 4 nitrogen and oxygen atoms in total. The van der Waals surface area contributed by atoms with Crippen LogP contribution in [-0.2, 0) is 11.2 Å². The van der Waals surface area contributed by atoms with Gasteiger partial charge in [0, 0.05) is 5.56 Å². The Hall–Kier alpha value is -1.71. The number of benzene rings is 1. The largest absolute Gasteiger partial charge is 0.493 e. The van der Waals surface area contributed by atoms with Crippen LogP contribution in [0.25, 0.3) is 0 Å². The SMILES string of the molecule is COc1ccc2c(c1OC)CCC2C(=O)O. The van der Waals surface area contributed by atoms with Crippen molar-refractivity contribution in [2.75, 3.05) is 14.2 Å². The number of carboxylic acid groups (broad SMARTS) is 1. The van der Waals surface area contributed by atoms with E-state index < -0.39 is 11.9 Å². The van der Waals surface area contributed by atoms with Gasteiger partial charge in [0.25, 0.3) is 0 Å². The summed E-state index contributed by atoms with van der Waals surface area (Å²) in [5.41, 5.74) is 1.82. The van der Waals surface area contributed by atoms with Gasteiger partial charge < -0.3 is 14.6 Å². The summed E-state index contributed by atoms with van der Waals surface area (Å²) in [6, 6.07) is 3.58. The highest BCUT2D eigenvalue weighted by Crippen LogP contribution is 2.43. The minimum Gasteiger partial charge on any atom is -0.493 e. The second kappa shape index (κ2) is 4.04. The lowest BCUT2D eigenvalue weighted by molar-refractivity contribution is -0.138. The first-order valence-electron chi connectivity index (χ1n) is 5.15. The van der Waals surface area contributed by atoms with Crippen molar-refractivity contribution < 1.29 is 19.4 Å². The minimum absolute atomic E-state index is 0.408. The van der Waals surface area contributed by atoms with Gasteiger partial charge in [-0.25, -0.2) is 0 Å². The number of methoxy groups -OCH3 is 2. The van der Waals surface area contributed by atoms with E-state index in [1.807, 2.05) is 6.07 Å². The second-order valence-electron chi connectivity index (χ2n) is 3.80. The summed E-state index contributed by atoms with van der Waals surface area (Å²) >= 11 is 0. The van der Waals surface area contributed by atoms with Gasteiger partial charge in [-0.2, -0.15) is 0 Å². The Morgan fingerprint density at radius 1 is 1.38 bits per heavy atom. The first kappa shape index (κ1) is 10.8. The van der Waals surface area contributed by atoms with Crippen molar-refractivity contribution in [3.63, 3.8) is 0 Å².